The number of nitrogens with one attached hydrogen (secondary N) is 2. The predicted molar refractivity (Wildman–Crippen MR) is 111 cm³/mol. The Morgan fingerprint density at radius 2 is 2.17 bits per heavy atom. The summed E-state index contributed by atoms with van der Waals surface area (Å²) in [5.41, 5.74) is 0.476. The quantitative estimate of drug-likeness (QED) is 0.734. The molecule has 5 unspecified atom stereocenters. The van der Waals surface area contributed by atoms with Gasteiger partial charge in [-0.2, -0.15) is 0 Å². The van der Waals surface area contributed by atoms with E-state index in [1.807, 2.05) is 0 Å². The van der Waals surface area contributed by atoms with Gasteiger partial charge in [-0.15, -0.1) is 0 Å². The van der Waals surface area contributed by atoms with Crippen molar-refractivity contribution in [2.75, 3.05) is 51.8 Å². The fourth-order valence-corrected chi connectivity index (χ4v) is 5.44. The van der Waals surface area contributed by atoms with Gasteiger partial charge in [-0.25, -0.2) is 9.18 Å². The van der Waals surface area contributed by atoms with Crippen molar-refractivity contribution in [3.8, 4) is 0 Å². The molecule has 4 aliphatic heterocycles. The van der Waals surface area contributed by atoms with Crippen LogP contribution in [0.1, 0.15) is 25.7 Å². The summed E-state index contributed by atoms with van der Waals surface area (Å²) in [5, 5.41) is 5.69. The average molecular weight is 405 g/mol. The molecule has 2 bridgehead atoms. The number of amides is 2. The van der Waals surface area contributed by atoms with E-state index < -0.39 is 0 Å². The second-order valence-electron chi connectivity index (χ2n) is 8.78. The van der Waals surface area contributed by atoms with Gasteiger partial charge in [0, 0.05) is 44.5 Å². The fourth-order valence-electron chi connectivity index (χ4n) is 5.44. The molecular formula is C22H33FN4O2. The maximum atomic E-state index is 13.3. The average Bonchev–Trinajstić information content (AvgIpc) is 3.14. The summed E-state index contributed by atoms with van der Waals surface area (Å²) >= 11 is 0. The first-order valence-corrected chi connectivity index (χ1v) is 10.9. The van der Waals surface area contributed by atoms with E-state index in [-0.39, 0.29) is 11.8 Å². The minimum absolute atomic E-state index is 0.269. The van der Waals surface area contributed by atoms with E-state index in [1.165, 1.54) is 44.5 Å². The first-order valence-electron chi connectivity index (χ1n) is 10.9. The van der Waals surface area contributed by atoms with Gasteiger partial charge in [0.05, 0.1) is 6.61 Å². The fraction of sp³-hybridized carbons (Fsp3) is 0.682. The zero-order valence-corrected chi connectivity index (χ0v) is 17.3. The van der Waals surface area contributed by atoms with Crippen LogP contribution in [-0.4, -0.2) is 74.4 Å². The Hall–Kier alpha value is -1.70. The van der Waals surface area contributed by atoms with Gasteiger partial charge in [-0.05, 0) is 68.8 Å². The van der Waals surface area contributed by atoms with Crippen LogP contribution in [0.15, 0.2) is 24.3 Å². The molecule has 0 radical (unpaired) electrons. The second-order valence-corrected chi connectivity index (χ2v) is 8.78. The maximum absolute atomic E-state index is 13.3. The molecule has 4 aliphatic rings. The van der Waals surface area contributed by atoms with Gasteiger partial charge in [0.25, 0.3) is 0 Å². The van der Waals surface area contributed by atoms with E-state index >= 15 is 0 Å². The van der Waals surface area contributed by atoms with E-state index in [0.717, 1.165) is 38.0 Å². The highest BCUT2D eigenvalue weighted by molar-refractivity contribution is 5.89. The summed E-state index contributed by atoms with van der Waals surface area (Å²) < 4.78 is 18.7. The lowest BCUT2D eigenvalue weighted by molar-refractivity contribution is -0.0162. The van der Waals surface area contributed by atoms with Crippen LogP contribution in [0.5, 0.6) is 0 Å². The van der Waals surface area contributed by atoms with E-state index in [2.05, 4.69) is 20.4 Å². The van der Waals surface area contributed by atoms with E-state index in [1.54, 1.807) is 19.2 Å². The highest BCUT2D eigenvalue weighted by atomic mass is 19.1. The lowest BCUT2D eigenvalue weighted by atomic mass is 9.75. The molecule has 0 aliphatic carbocycles. The van der Waals surface area contributed by atoms with Gasteiger partial charge in [0.1, 0.15) is 5.82 Å². The number of methoxy groups -OCH3 is 1. The lowest BCUT2D eigenvalue weighted by Crippen LogP contribution is -2.59. The molecule has 2 N–H and O–H groups in total. The van der Waals surface area contributed by atoms with Gasteiger partial charge in [0.2, 0.25) is 0 Å². The molecule has 5 rings (SSSR count). The summed E-state index contributed by atoms with van der Waals surface area (Å²) in [4.78, 5) is 17.4. The minimum Gasteiger partial charge on any atom is -0.383 e. The number of ether oxygens (including phenoxy) is 1. The highest BCUT2D eigenvalue weighted by Gasteiger charge is 2.41. The number of halogens is 1. The third-order valence-corrected chi connectivity index (χ3v) is 6.92. The number of carbonyl (C=O) groups excluding carboxylic acids is 1. The van der Waals surface area contributed by atoms with Crippen molar-refractivity contribution in [3.63, 3.8) is 0 Å². The number of anilines is 1. The van der Waals surface area contributed by atoms with Crippen molar-refractivity contribution in [2.45, 2.75) is 37.8 Å². The van der Waals surface area contributed by atoms with Crippen LogP contribution < -0.4 is 10.6 Å². The number of rotatable bonds is 7. The number of hydrogen-bond donors (Lipinski definition) is 2. The van der Waals surface area contributed by atoms with Crippen LogP contribution in [0.25, 0.3) is 0 Å². The molecular weight excluding hydrogens is 371 g/mol. The summed E-state index contributed by atoms with van der Waals surface area (Å²) in [5.74, 6) is 1.11. The molecule has 1 aromatic rings. The Kier molecular flexibility index (Phi) is 6.67. The Balaban J connectivity index is 1.24. The predicted octanol–water partition coefficient (Wildman–Crippen LogP) is 2.77. The first kappa shape index (κ1) is 20.6. The molecule has 0 spiro atoms. The van der Waals surface area contributed by atoms with Crippen LogP contribution >= 0.6 is 0 Å². The third-order valence-electron chi connectivity index (χ3n) is 6.92. The number of nitrogens with zero attached hydrogens (tertiary/aromatic N) is 2. The third kappa shape index (κ3) is 5.08. The molecule has 4 saturated heterocycles. The first-order chi connectivity index (χ1) is 14.1. The van der Waals surface area contributed by atoms with Crippen LogP contribution in [0, 0.1) is 17.7 Å². The van der Waals surface area contributed by atoms with E-state index in [0.29, 0.717) is 24.3 Å². The van der Waals surface area contributed by atoms with Gasteiger partial charge in [-0.1, -0.05) is 6.07 Å². The van der Waals surface area contributed by atoms with Crippen molar-refractivity contribution in [2.24, 2.45) is 11.8 Å². The molecule has 7 heteroatoms. The van der Waals surface area contributed by atoms with Crippen molar-refractivity contribution < 1.29 is 13.9 Å². The van der Waals surface area contributed by atoms with Crippen LogP contribution in [0.4, 0.5) is 14.9 Å². The standard InChI is InChI=1S/C22H33FN4O2/c1-29-15-20-6-3-8-26(20)13-17-14-27-9-7-16(17)10-21(27)12-24-22(28)25-19-5-2-4-18(23)11-19/h2,4-5,11,16-17,20-21H,3,6-10,12-15H2,1H3,(H2,24,25,28). The number of fused-ring (bicyclic) bond motifs is 3. The van der Waals surface area contributed by atoms with Gasteiger partial charge >= 0.3 is 6.03 Å². The SMILES string of the molecule is COCC1CCCN1CC1CN2CCC1CC2CNC(=O)Nc1cccc(F)c1. The monoisotopic (exact) mass is 404 g/mol. The molecule has 160 valence electrons. The summed E-state index contributed by atoms with van der Waals surface area (Å²) in [6, 6.07) is 6.69. The van der Waals surface area contributed by atoms with Crippen molar-refractivity contribution >= 4 is 11.7 Å². The molecule has 1 aromatic carbocycles. The number of piperidine rings is 3. The zero-order valence-electron chi connectivity index (χ0n) is 17.3. The normalized spacial score (nSPS) is 31.7. The van der Waals surface area contributed by atoms with Gasteiger partial charge in [0.15, 0.2) is 0 Å². The Bertz CT molecular complexity index is 703. The van der Waals surface area contributed by atoms with E-state index in [9.17, 15) is 9.18 Å². The number of likely N-dealkylation sites (tertiary alicyclic amines) is 1. The number of urea groups is 1. The summed E-state index contributed by atoms with van der Waals surface area (Å²) in [6.45, 7) is 6.10. The van der Waals surface area contributed by atoms with Gasteiger partial charge in [-0.3, -0.25) is 9.80 Å². The van der Waals surface area contributed by atoms with Crippen LogP contribution in [-0.2, 0) is 4.74 Å². The number of carbonyl (C=O) groups is 1. The zero-order chi connectivity index (χ0) is 20.2. The van der Waals surface area contributed by atoms with Crippen molar-refractivity contribution in [1.82, 2.24) is 15.1 Å². The molecule has 0 aromatic heterocycles. The van der Waals surface area contributed by atoms with Crippen LogP contribution in [0.3, 0.4) is 0 Å². The summed E-state index contributed by atoms with van der Waals surface area (Å²) in [7, 11) is 1.80. The topological polar surface area (TPSA) is 56.8 Å². The molecule has 4 fully saturated rings. The largest absolute Gasteiger partial charge is 0.383 e. The molecule has 0 saturated carbocycles. The molecule has 4 heterocycles. The van der Waals surface area contributed by atoms with Gasteiger partial charge < -0.3 is 15.4 Å². The number of hydrogen-bond acceptors (Lipinski definition) is 4. The summed E-state index contributed by atoms with van der Waals surface area (Å²) in [6.07, 6.45) is 4.94. The van der Waals surface area contributed by atoms with Crippen molar-refractivity contribution in [1.29, 1.82) is 0 Å². The Morgan fingerprint density at radius 1 is 1.28 bits per heavy atom. The Morgan fingerprint density at radius 3 is 2.93 bits per heavy atom. The Labute approximate surface area is 172 Å². The molecule has 29 heavy (non-hydrogen) atoms. The lowest BCUT2D eigenvalue weighted by Gasteiger charge is -2.51. The maximum Gasteiger partial charge on any atom is 0.319 e. The molecule has 6 nitrogen and oxygen atoms in total. The molecule has 5 atom stereocenters. The van der Waals surface area contributed by atoms with E-state index in [4.69, 9.17) is 4.74 Å². The minimum atomic E-state index is -0.352. The van der Waals surface area contributed by atoms with Crippen molar-refractivity contribution in [3.05, 3.63) is 30.1 Å². The smallest absolute Gasteiger partial charge is 0.319 e. The van der Waals surface area contributed by atoms with Crippen LogP contribution in [0.2, 0.25) is 0 Å². The molecule has 2 amide bonds. The highest BCUT2D eigenvalue weighted by Crippen LogP contribution is 2.37. The second kappa shape index (κ2) is 9.41. The number of benzene rings is 1.